The van der Waals surface area contributed by atoms with Gasteiger partial charge in [0.2, 0.25) is 0 Å². The topological polar surface area (TPSA) is 73.7 Å². The molecule has 22 heavy (non-hydrogen) atoms. The van der Waals surface area contributed by atoms with Crippen LogP contribution in [-0.4, -0.2) is 52.3 Å². The molecule has 1 aromatic carbocycles. The molecule has 1 amide bonds. The molecule has 0 atom stereocenters. The van der Waals surface area contributed by atoms with E-state index in [9.17, 15) is 9.18 Å². The highest BCUT2D eigenvalue weighted by atomic mass is 32.1. The second-order valence-electron chi connectivity index (χ2n) is 4.67. The third kappa shape index (κ3) is 4.33. The van der Waals surface area contributed by atoms with Crippen LogP contribution in [0.25, 0.3) is 0 Å². The van der Waals surface area contributed by atoms with Crippen molar-refractivity contribution in [3.63, 3.8) is 0 Å². The summed E-state index contributed by atoms with van der Waals surface area (Å²) in [5, 5.41) is 20.3. The number of amides is 1. The van der Waals surface area contributed by atoms with E-state index in [1.165, 1.54) is 28.4 Å². The standard InChI is InChI=1S/C15H17FN2O3S/c16-12-3-1-11(2-4-12)9-14-17-13(10-22-14)15(21)18(5-7-19)6-8-20/h1-4,10,19-20H,5-9H2. The Balaban J connectivity index is 2.06. The van der Waals surface area contributed by atoms with Crippen LogP contribution in [0.5, 0.6) is 0 Å². The molecular weight excluding hydrogens is 307 g/mol. The second kappa shape index (κ2) is 7.98. The van der Waals surface area contributed by atoms with Gasteiger partial charge in [-0.25, -0.2) is 9.37 Å². The van der Waals surface area contributed by atoms with Gasteiger partial charge in [0.25, 0.3) is 5.91 Å². The zero-order chi connectivity index (χ0) is 15.9. The molecule has 0 bridgehead atoms. The number of aliphatic hydroxyl groups excluding tert-OH is 2. The molecule has 5 nitrogen and oxygen atoms in total. The van der Waals surface area contributed by atoms with Crippen LogP contribution < -0.4 is 0 Å². The van der Waals surface area contributed by atoms with Crippen molar-refractivity contribution in [3.8, 4) is 0 Å². The number of aromatic nitrogens is 1. The van der Waals surface area contributed by atoms with Crippen LogP contribution >= 0.6 is 11.3 Å². The van der Waals surface area contributed by atoms with Gasteiger partial charge >= 0.3 is 0 Å². The van der Waals surface area contributed by atoms with Crippen LogP contribution in [0.4, 0.5) is 4.39 Å². The van der Waals surface area contributed by atoms with Gasteiger partial charge in [-0.3, -0.25) is 4.79 Å². The van der Waals surface area contributed by atoms with Gasteiger partial charge in [0.1, 0.15) is 11.5 Å². The Morgan fingerprint density at radius 3 is 2.41 bits per heavy atom. The molecule has 2 N–H and O–H groups in total. The van der Waals surface area contributed by atoms with E-state index in [4.69, 9.17) is 10.2 Å². The number of halogens is 1. The molecule has 0 radical (unpaired) electrons. The summed E-state index contributed by atoms with van der Waals surface area (Å²) >= 11 is 1.35. The minimum Gasteiger partial charge on any atom is -0.395 e. The number of benzene rings is 1. The summed E-state index contributed by atoms with van der Waals surface area (Å²) in [6.45, 7) is -0.0228. The van der Waals surface area contributed by atoms with Crippen LogP contribution in [0, 0.1) is 5.82 Å². The number of rotatable bonds is 7. The van der Waals surface area contributed by atoms with Gasteiger partial charge in [0.05, 0.1) is 18.2 Å². The molecule has 0 saturated heterocycles. The number of thiazole rings is 1. The SMILES string of the molecule is O=C(c1csc(Cc2ccc(F)cc2)n1)N(CCO)CCO. The smallest absolute Gasteiger partial charge is 0.273 e. The van der Waals surface area contributed by atoms with Crippen molar-refractivity contribution in [2.75, 3.05) is 26.3 Å². The minimum absolute atomic E-state index is 0.157. The highest BCUT2D eigenvalue weighted by molar-refractivity contribution is 7.09. The summed E-state index contributed by atoms with van der Waals surface area (Å²) in [5.41, 5.74) is 1.21. The van der Waals surface area contributed by atoms with Crippen LogP contribution in [0.2, 0.25) is 0 Å². The molecule has 7 heteroatoms. The maximum absolute atomic E-state index is 12.9. The second-order valence-corrected chi connectivity index (χ2v) is 5.61. The van der Waals surface area contributed by atoms with Crippen molar-refractivity contribution in [2.45, 2.75) is 6.42 Å². The van der Waals surface area contributed by atoms with Gasteiger partial charge in [0.15, 0.2) is 0 Å². The lowest BCUT2D eigenvalue weighted by Crippen LogP contribution is -2.36. The van der Waals surface area contributed by atoms with Gasteiger partial charge < -0.3 is 15.1 Å². The maximum Gasteiger partial charge on any atom is 0.273 e. The first-order valence-electron chi connectivity index (χ1n) is 6.84. The Morgan fingerprint density at radius 2 is 1.82 bits per heavy atom. The van der Waals surface area contributed by atoms with E-state index in [0.29, 0.717) is 12.1 Å². The third-order valence-electron chi connectivity index (χ3n) is 3.07. The molecular formula is C15H17FN2O3S. The van der Waals surface area contributed by atoms with Crippen LogP contribution in [0.15, 0.2) is 29.6 Å². The number of nitrogens with zero attached hydrogens (tertiary/aromatic N) is 2. The fraction of sp³-hybridized carbons (Fsp3) is 0.333. The van der Waals surface area contributed by atoms with Crippen molar-refractivity contribution in [3.05, 3.63) is 51.7 Å². The van der Waals surface area contributed by atoms with E-state index in [1.54, 1.807) is 17.5 Å². The fourth-order valence-corrected chi connectivity index (χ4v) is 2.79. The first-order valence-corrected chi connectivity index (χ1v) is 7.72. The Hall–Kier alpha value is -1.83. The molecule has 2 rings (SSSR count). The van der Waals surface area contributed by atoms with Crippen LogP contribution in [0.1, 0.15) is 21.1 Å². The quantitative estimate of drug-likeness (QED) is 0.805. The van der Waals surface area contributed by atoms with Gasteiger partial charge in [0, 0.05) is 24.9 Å². The molecule has 0 spiro atoms. The Kier molecular flexibility index (Phi) is 6.00. The summed E-state index contributed by atoms with van der Waals surface area (Å²) < 4.78 is 12.9. The average molecular weight is 324 g/mol. The van der Waals surface area contributed by atoms with E-state index < -0.39 is 0 Å². The first kappa shape index (κ1) is 16.5. The molecule has 0 fully saturated rings. The van der Waals surface area contributed by atoms with Crippen molar-refractivity contribution < 1.29 is 19.4 Å². The number of carbonyl (C=O) groups excluding carboxylic acids is 1. The number of aliphatic hydroxyl groups is 2. The summed E-state index contributed by atoms with van der Waals surface area (Å²) in [6.07, 6.45) is 0.526. The van der Waals surface area contributed by atoms with Crippen molar-refractivity contribution >= 4 is 17.2 Å². The molecule has 1 heterocycles. The summed E-state index contributed by atoms with van der Waals surface area (Å²) in [7, 11) is 0. The zero-order valence-corrected chi connectivity index (χ0v) is 12.7. The van der Waals surface area contributed by atoms with E-state index in [0.717, 1.165) is 10.6 Å². The lowest BCUT2D eigenvalue weighted by atomic mass is 10.1. The normalized spacial score (nSPS) is 10.7. The highest BCUT2D eigenvalue weighted by Crippen LogP contribution is 2.16. The van der Waals surface area contributed by atoms with E-state index in [2.05, 4.69) is 4.98 Å². The summed E-state index contributed by atoms with van der Waals surface area (Å²) in [5.74, 6) is -0.605. The lowest BCUT2D eigenvalue weighted by Gasteiger charge is -2.19. The van der Waals surface area contributed by atoms with Gasteiger partial charge in [-0.2, -0.15) is 0 Å². The number of hydrogen-bond donors (Lipinski definition) is 2. The van der Waals surface area contributed by atoms with Crippen LogP contribution in [0.3, 0.4) is 0 Å². The van der Waals surface area contributed by atoms with E-state index >= 15 is 0 Å². The monoisotopic (exact) mass is 324 g/mol. The largest absolute Gasteiger partial charge is 0.395 e. The van der Waals surface area contributed by atoms with Gasteiger partial charge in [-0.05, 0) is 17.7 Å². The Bertz CT molecular complexity index is 610. The highest BCUT2D eigenvalue weighted by Gasteiger charge is 2.18. The van der Waals surface area contributed by atoms with Crippen molar-refractivity contribution in [2.24, 2.45) is 0 Å². The molecule has 0 unspecified atom stereocenters. The maximum atomic E-state index is 12.9. The van der Waals surface area contributed by atoms with Crippen LogP contribution in [-0.2, 0) is 6.42 Å². The minimum atomic E-state index is -0.315. The fourth-order valence-electron chi connectivity index (χ4n) is 1.99. The van der Waals surface area contributed by atoms with Crippen molar-refractivity contribution in [1.29, 1.82) is 0 Å². The summed E-state index contributed by atoms with van der Waals surface area (Å²) in [6, 6.07) is 6.14. The molecule has 0 aliphatic heterocycles. The number of hydrogen-bond acceptors (Lipinski definition) is 5. The van der Waals surface area contributed by atoms with Gasteiger partial charge in [-0.15, -0.1) is 11.3 Å². The molecule has 118 valence electrons. The van der Waals surface area contributed by atoms with E-state index in [-0.39, 0.29) is 38.0 Å². The number of carbonyl (C=O) groups is 1. The Labute approximate surface area is 131 Å². The molecule has 2 aromatic rings. The lowest BCUT2D eigenvalue weighted by molar-refractivity contribution is 0.0679. The average Bonchev–Trinajstić information content (AvgIpc) is 2.97. The molecule has 0 aliphatic rings. The Morgan fingerprint density at radius 1 is 1.18 bits per heavy atom. The first-order chi connectivity index (χ1) is 10.6. The summed E-state index contributed by atoms with van der Waals surface area (Å²) in [4.78, 5) is 17.9. The molecule has 1 aromatic heterocycles. The predicted octanol–water partition coefficient (Wildman–Crippen LogP) is 1.30. The third-order valence-corrected chi connectivity index (χ3v) is 3.92. The van der Waals surface area contributed by atoms with E-state index in [1.807, 2.05) is 0 Å². The zero-order valence-electron chi connectivity index (χ0n) is 11.9. The van der Waals surface area contributed by atoms with Crippen molar-refractivity contribution in [1.82, 2.24) is 9.88 Å². The molecule has 0 aliphatic carbocycles. The molecule has 0 saturated carbocycles. The van der Waals surface area contributed by atoms with Gasteiger partial charge in [-0.1, -0.05) is 12.1 Å². The predicted molar refractivity (Wildman–Crippen MR) is 81.4 cm³/mol.